The van der Waals surface area contributed by atoms with Crippen molar-refractivity contribution in [1.29, 1.82) is 0 Å². The normalized spacial score (nSPS) is 13.9. The highest BCUT2D eigenvalue weighted by atomic mass is 32.2. The maximum Gasteiger partial charge on any atom is 0.150 e. The zero-order valence-electron chi connectivity index (χ0n) is 12.0. The predicted octanol–water partition coefficient (Wildman–Crippen LogP) is 3.98. The number of nitrogens with zero attached hydrogens (tertiary/aromatic N) is 1. The van der Waals surface area contributed by atoms with Crippen LogP contribution in [0.3, 0.4) is 0 Å². The van der Waals surface area contributed by atoms with Crippen molar-refractivity contribution in [3.05, 3.63) is 41.4 Å². The van der Waals surface area contributed by atoms with Gasteiger partial charge in [0.05, 0.1) is 7.11 Å². The van der Waals surface area contributed by atoms with Gasteiger partial charge in [0, 0.05) is 22.9 Å². The average Bonchev–Trinajstić information content (AvgIpc) is 2.97. The highest BCUT2D eigenvalue weighted by molar-refractivity contribution is 8.01. The second kappa shape index (κ2) is 7.67. The summed E-state index contributed by atoms with van der Waals surface area (Å²) in [4.78, 5) is 4.35. The quantitative estimate of drug-likeness (QED) is 0.785. The van der Waals surface area contributed by atoms with E-state index in [4.69, 9.17) is 4.74 Å². The van der Waals surface area contributed by atoms with Crippen molar-refractivity contribution in [3.8, 4) is 5.75 Å². The lowest BCUT2D eigenvalue weighted by molar-refractivity contribution is 0.414. The van der Waals surface area contributed by atoms with Gasteiger partial charge in [0.15, 0.2) is 0 Å². The first-order valence-electron chi connectivity index (χ1n) is 6.68. The van der Waals surface area contributed by atoms with Crippen molar-refractivity contribution in [3.63, 3.8) is 0 Å². The fourth-order valence-corrected chi connectivity index (χ4v) is 4.11. The van der Waals surface area contributed by atoms with E-state index in [1.807, 2.05) is 35.5 Å². The molecule has 0 spiro atoms. The molecule has 0 aliphatic heterocycles. The van der Waals surface area contributed by atoms with Gasteiger partial charge in [0.1, 0.15) is 10.1 Å². The summed E-state index contributed by atoms with van der Waals surface area (Å²) >= 11 is 3.51. The summed E-state index contributed by atoms with van der Waals surface area (Å²) in [6.45, 7) is 5.32. The van der Waals surface area contributed by atoms with E-state index in [1.54, 1.807) is 18.4 Å². The highest BCUT2D eigenvalue weighted by Gasteiger charge is 2.20. The summed E-state index contributed by atoms with van der Waals surface area (Å²) in [6, 6.07) is 8.59. The van der Waals surface area contributed by atoms with Crippen molar-refractivity contribution in [2.24, 2.45) is 0 Å². The molecule has 0 fully saturated rings. The van der Waals surface area contributed by atoms with Crippen LogP contribution in [0.1, 0.15) is 25.5 Å². The molecule has 0 aliphatic carbocycles. The van der Waals surface area contributed by atoms with E-state index in [9.17, 15) is 0 Å². The molecule has 2 rings (SSSR count). The van der Waals surface area contributed by atoms with Crippen LogP contribution in [-0.4, -0.2) is 23.9 Å². The minimum Gasteiger partial charge on any atom is -0.497 e. The molecular weight excluding hydrogens is 288 g/mol. The van der Waals surface area contributed by atoms with Crippen LogP contribution >= 0.6 is 23.1 Å². The smallest absolute Gasteiger partial charge is 0.150 e. The Labute approximate surface area is 128 Å². The van der Waals surface area contributed by atoms with Crippen molar-refractivity contribution in [1.82, 2.24) is 10.3 Å². The van der Waals surface area contributed by atoms with Crippen molar-refractivity contribution in [2.75, 3.05) is 13.7 Å². The summed E-state index contributed by atoms with van der Waals surface area (Å²) in [7, 11) is 1.69. The number of thiazole rings is 1. The van der Waals surface area contributed by atoms with Gasteiger partial charge < -0.3 is 10.1 Å². The van der Waals surface area contributed by atoms with Gasteiger partial charge in [-0.3, -0.25) is 0 Å². The predicted molar refractivity (Wildman–Crippen MR) is 86.8 cm³/mol. The molecule has 0 saturated heterocycles. The lowest BCUT2D eigenvalue weighted by Crippen LogP contribution is -2.28. The van der Waals surface area contributed by atoms with Gasteiger partial charge in [-0.2, -0.15) is 0 Å². The number of hydrogen-bond donors (Lipinski definition) is 1. The molecule has 1 aromatic heterocycles. The minimum atomic E-state index is 0.305. The summed E-state index contributed by atoms with van der Waals surface area (Å²) < 4.78 is 6.34. The van der Waals surface area contributed by atoms with E-state index >= 15 is 0 Å². The monoisotopic (exact) mass is 308 g/mol. The molecule has 2 aromatic rings. The van der Waals surface area contributed by atoms with Crippen LogP contribution in [0.25, 0.3) is 0 Å². The maximum atomic E-state index is 5.22. The Balaban J connectivity index is 2.11. The first-order valence-corrected chi connectivity index (χ1v) is 8.44. The van der Waals surface area contributed by atoms with E-state index in [-0.39, 0.29) is 0 Å². The maximum absolute atomic E-state index is 5.22. The third kappa shape index (κ3) is 3.98. The highest BCUT2D eigenvalue weighted by Crippen LogP contribution is 2.33. The van der Waals surface area contributed by atoms with E-state index < -0.39 is 0 Å². The Morgan fingerprint density at radius 1 is 1.35 bits per heavy atom. The molecule has 2 atom stereocenters. The Morgan fingerprint density at radius 3 is 2.65 bits per heavy atom. The molecule has 0 saturated carbocycles. The average molecular weight is 308 g/mol. The van der Waals surface area contributed by atoms with Crippen molar-refractivity contribution >= 4 is 23.1 Å². The Kier molecular flexibility index (Phi) is 5.88. The molecule has 0 bridgehead atoms. The molecular formula is C15H20N2OS2. The van der Waals surface area contributed by atoms with Crippen LogP contribution in [0, 0.1) is 0 Å². The fourth-order valence-electron chi connectivity index (χ4n) is 2.08. The molecule has 0 aliphatic rings. The number of thioether (sulfide) groups is 1. The Hall–Kier alpha value is -1.04. The number of benzene rings is 1. The molecule has 0 radical (unpaired) electrons. The van der Waals surface area contributed by atoms with Gasteiger partial charge in [0.25, 0.3) is 0 Å². The number of ether oxygens (including phenoxy) is 1. The lowest BCUT2D eigenvalue weighted by atomic mass is 10.0. The van der Waals surface area contributed by atoms with Crippen molar-refractivity contribution < 1.29 is 4.74 Å². The van der Waals surface area contributed by atoms with Gasteiger partial charge in [-0.1, -0.05) is 37.7 Å². The summed E-state index contributed by atoms with van der Waals surface area (Å²) in [5.74, 6) is 0.893. The Bertz CT molecular complexity index is 499. The van der Waals surface area contributed by atoms with Crippen LogP contribution < -0.4 is 10.1 Å². The molecule has 1 N–H and O–H groups in total. The van der Waals surface area contributed by atoms with Crippen LogP contribution in [0.2, 0.25) is 0 Å². The second-order valence-corrected chi connectivity index (χ2v) is 6.95. The topological polar surface area (TPSA) is 34.1 Å². The van der Waals surface area contributed by atoms with E-state index in [0.29, 0.717) is 11.3 Å². The lowest BCUT2D eigenvalue weighted by Gasteiger charge is -2.24. The molecule has 20 heavy (non-hydrogen) atoms. The zero-order valence-corrected chi connectivity index (χ0v) is 13.6. The first kappa shape index (κ1) is 15.4. The van der Waals surface area contributed by atoms with E-state index in [1.165, 1.54) is 5.56 Å². The summed E-state index contributed by atoms with van der Waals surface area (Å²) in [5, 5.41) is 5.99. The van der Waals surface area contributed by atoms with Crippen LogP contribution in [-0.2, 0) is 0 Å². The Morgan fingerprint density at radius 2 is 2.10 bits per heavy atom. The van der Waals surface area contributed by atoms with Gasteiger partial charge in [-0.05, 0) is 24.2 Å². The van der Waals surface area contributed by atoms with Gasteiger partial charge in [0.2, 0.25) is 0 Å². The number of nitrogens with one attached hydrogen (secondary N) is 1. The molecule has 108 valence electrons. The first-order chi connectivity index (χ1) is 9.74. The molecule has 2 unspecified atom stereocenters. The number of rotatable bonds is 7. The number of aromatic nitrogens is 1. The third-order valence-electron chi connectivity index (χ3n) is 3.06. The molecule has 1 heterocycles. The van der Waals surface area contributed by atoms with Crippen LogP contribution in [0.15, 0.2) is 40.2 Å². The fraction of sp³-hybridized carbons (Fsp3) is 0.400. The van der Waals surface area contributed by atoms with Crippen LogP contribution in [0.5, 0.6) is 5.75 Å². The molecule has 5 heteroatoms. The number of methoxy groups -OCH3 is 1. The zero-order chi connectivity index (χ0) is 14.4. The standard InChI is InChI=1S/C15H20N2OS2/c1-4-16-14(11(2)20-15-17-9-10-19-15)12-5-7-13(18-3)8-6-12/h5-11,14,16H,4H2,1-3H3. The van der Waals surface area contributed by atoms with Gasteiger partial charge in [-0.15, -0.1) is 11.3 Å². The largest absolute Gasteiger partial charge is 0.497 e. The third-order valence-corrected chi connectivity index (χ3v) is 5.16. The van der Waals surface area contributed by atoms with E-state index in [0.717, 1.165) is 16.6 Å². The summed E-state index contributed by atoms with van der Waals surface area (Å²) in [5.41, 5.74) is 1.28. The molecule has 0 amide bonds. The summed E-state index contributed by atoms with van der Waals surface area (Å²) in [6.07, 6.45) is 1.86. The van der Waals surface area contributed by atoms with Crippen LogP contribution in [0.4, 0.5) is 0 Å². The van der Waals surface area contributed by atoms with Gasteiger partial charge in [-0.25, -0.2) is 4.98 Å². The second-order valence-electron chi connectivity index (χ2n) is 4.43. The minimum absolute atomic E-state index is 0.305. The van der Waals surface area contributed by atoms with E-state index in [2.05, 4.69) is 36.3 Å². The van der Waals surface area contributed by atoms with Crippen molar-refractivity contribution in [2.45, 2.75) is 29.5 Å². The van der Waals surface area contributed by atoms with Gasteiger partial charge >= 0.3 is 0 Å². The number of hydrogen-bond acceptors (Lipinski definition) is 5. The SMILES string of the molecule is CCNC(c1ccc(OC)cc1)C(C)Sc1nccs1. The molecule has 1 aromatic carbocycles. The molecule has 3 nitrogen and oxygen atoms in total.